The Balaban J connectivity index is 2.36. The van der Waals surface area contributed by atoms with E-state index in [-0.39, 0.29) is 16.4 Å². The smallest absolute Gasteiger partial charge is 0.335 e. The Hall–Kier alpha value is -1.91. The first kappa shape index (κ1) is 15.5. The largest absolute Gasteiger partial charge is 0.478 e. The normalized spacial score (nSPS) is 16.2. The topological polar surface area (TPSA) is 98.5 Å². The van der Waals surface area contributed by atoms with E-state index in [2.05, 4.69) is 0 Å². The summed E-state index contributed by atoms with van der Waals surface area (Å²) in [5, 5.41) is 17.7. The van der Waals surface area contributed by atoms with Gasteiger partial charge in [0, 0.05) is 19.5 Å². The fourth-order valence-corrected chi connectivity index (χ4v) is 4.28. The number of carboxylic acid groups (broad SMARTS) is 1. The zero-order valence-electron chi connectivity index (χ0n) is 11.8. The number of hydrogen-bond donors (Lipinski definition) is 1. The van der Waals surface area contributed by atoms with Crippen LogP contribution in [0.4, 0.5) is 0 Å². The Morgan fingerprint density at radius 1 is 1.38 bits per heavy atom. The molecule has 0 amide bonds. The highest BCUT2D eigenvalue weighted by atomic mass is 32.2. The first-order valence-electron chi connectivity index (χ1n) is 6.49. The van der Waals surface area contributed by atoms with Gasteiger partial charge in [-0.05, 0) is 37.0 Å². The number of nitrogens with zero attached hydrogens (tertiary/aromatic N) is 2. The van der Waals surface area contributed by atoms with Crippen LogP contribution < -0.4 is 0 Å². The highest BCUT2D eigenvalue weighted by molar-refractivity contribution is 7.89. The minimum Gasteiger partial charge on any atom is -0.478 e. The second-order valence-corrected chi connectivity index (χ2v) is 7.19. The molecule has 0 atom stereocenters. The number of aryl methyl sites for hydroxylation is 2. The van der Waals surface area contributed by atoms with Crippen LogP contribution in [0.1, 0.15) is 27.9 Å². The molecule has 112 valence electrons. The minimum absolute atomic E-state index is 0.00623. The van der Waals surface area contributed by atoms with Gasteiger partial charge in [0.15, 0.2) is 0 Å². The maximum atomic E-state index is 12.5. The summed E-state index contributed by atoms with van der Waals surface area (Å²) in [7, 11) is -3.70. The zero-order chi connectivity index (χ0) is 15.8. The van der Waals surface area contributed by atoms with E-state index in [0.717, 1.165) is 0 Å². The van der Waals surface area contributed by atoms with Crippen molar-refractivity contribution < 1.29 is 18.3 Å². The van der Waals surface area contributed by atoms with E-state index in [1.807, 2.05) is 6.07 Å². The predicted octanol–water partition coefficient (Wildman–Crippen LogP) is 1.54. The van der Waals surface area contributed by atoms with E-state index in [1.54, 1.807) is 19.9 Å². The summed E-state index contributed by atoms with van der Waals surface area (Å²) < 4.78 is 26.3. The molecule has 0 saturated carbocycles. The van der Waals surface area contributed by atoms with Crippen LogP contribution in [-0.4, -0.2) is 36.9 Å². The van der Waals surface area contributed by atoms with E-state index in [1.165, 1.54) is 10.4 Å². The second-order valence-electron chi connectivity index (χ2n) is 5.29. The molecule has 1 heterocycles. The highest BCUT2D eigenvalue weighted by Gasteiger charge is 2.37. The lowest BCUT2D eigenvalue weighted by Gasteiger charge is -2.37. The third-order valence-electron chi connectivity index (χ3n) is 3.67. The van der Waals surface area contributed by atoms with E-state index >= 15 is 0 Å². The molecular formula is C14H16N2O4S. The van der Waals surface area contributed by atoms with Gasteiger partial charge in [-0.1, -0.05) is 6.07 Å². The number of aromatic carboxylic acids is 1. The van der Waals surface area contributed by atoms with E-state index in [9.17, 15) is 13.2 Å². The van der Waals surface area contributed by atoms with Gasteiger partial charge in [-0.2, -0.15) is 9.57 Å². The molecule has 6 nitrogen and oxygen atoms in total. The van der Waals surface area contributed by atoms with Gasteiger partial charge in [-0.25, -0.2) is 13.2 Å². The van der Waals surface area contributed by atoms with Crippen LogP contribution in [0.15, 0.2) is 17.0 Å². The Morgan fingerprint density at radius 3 is 2.52 bits per heavy atom. The van der Waals surface area contributed by atoms with Crippen LogP contribution in [0.2, 0.25) is 0 Å². The molecule has 7 heteroatoms. The Labute approximate surface area is 123 Å². The molecule has 1 aromatic carbocycles. The molecule has 1 saturated heterocycles. The summed E-state index contributed by atoms with van der Waals surface area (Å²) in [6, 6.07) is 4.82. The number of carboxylic acids is 1. The van der Waals surface area contributed by atoms with Gasteiger partial charge < -0.3 is 5.11 Å². The first-order chi connectivity index (χ1) is 9.77. The zero-order valence-corrected chi connectivity index (χ0v) is 12.6. The standard InChI is InChI=1S/C14H16N2O4S/c1-9-5-10(2)13(6-12(9)14(17)18)21(19,20)16-7-11(8-16)3-4-15/h5-6,11H,3,7-8H2,1-2H3,(H,17,18). The maximum Gasteiger partial charge on any atom is 0.335 e. The van der Waals surface area contributed by atoms with Crippen molar-refractivity contribution in [2.45, 2.75) is 25.2 Å². The molecule has 1 aliphatic heterocycles. The average molecular weight is 308 g/mol. The SMILES string of the molecule is Cc1cc(C)c(S(=O)(=O)N2CC(CC#N)C2)cc1C(=O)O. The van der Waals surface area contributed by atoms with Gasteiger partial charge in [-0.3, -0.25) is 0 Å². The van der Waals surface area contributed by atoms with Gasteiger partial charge in [0.1, 0.15) is 0 Å². The van der Waals surface area contributed by atoms with Crippen LogP contribution in [0.25, 0.3) is 0 Å². The Bertz CT molecular complexity index is 728. The van der Waals surface area contributed by atoms with Crippen molar-refractivity contribution in [1.29, 1.82) is 5.26 Å². The quantitative estimate of drug-likeness (QED) is 0.909. The summed E-state index contributed by atoms with van der Waals surface area (Å²) in [6.45, 7) is 3.91. The monoisotopic (exact) mass is 308 g/mol. The number of nitriles is 1. The Kier molecular flexibility index (Phi) is 4.03. The lowest BCUT2D eigenvalue weighted by atomic mass is 10.0. The van der Waals surface area contributed by atoms with Crippen molar-refractivity contribution >= 4 is 16.0 Å². The van der Waals surface area contributed by atoms with Crippen LogP contribution in [0.3, 0.4) is 0 Å². The fourth-order valence-electron chi connectivity index (χ4n) is 2.46. The third kappa shape index (κ3) is 2.77. The van der Waals surface area contributed by atoms with E-state index < -0.39 is 16.0 Å². The number of hydrogen-bond acceptors (Lipinski definition) is 4. The van der Waals surface area contributed by atoms with Crippen molar-refractivity contribution in [2.24, 2.45) is 5.92 Å². The van der Waals surface area contributed by atoms with Gasteiger partial charge in [0.05, 0.1) is 16.5 Å². The predicted molar refractivity (Wildman–Crippen MR) is 75.4 cm³/mol. The lowest BCUT2D eigenvalue weighted by Crippen LogP contribution is -2.49. The molecule has 1 aliphatic rings. The van der Waals surface area contributed by atoms with Crippen LogP contribution in [-0.2, 0) is 10.0 Å². The highest BCUT2D eigenvalue weighted by Crippen LogP contribution is 2.29. The molecule has 1 aromatic rings. The summed E-state index contributed by atoms with van der Waals surface area (Å²) in [4.78, 5) is 11.2. The summed E-state index contributed by atoms with van der Waals surface area (Å²) in [5.74, 6) is -1.08. The van der Waals surface area contributed by atoms with Crippen molar-refractivity contribution in [1.82, 2.24) is 4.31 Å². The molecule has 1 fully saturated rings. The number of sulfonamides is 1. The van der Waals surface area contributed by atoms with E-state index in [0.29, 0.717) is 30.6 Å². The van der Waals surface area contributed by atoms with Gasteiger partial charge in [-0.15, -0.1) is 0 Å². The average Bonchev–Trinajstić information content (AvgIpc) is 2.31. The molecule has 0 bridgehead atoms. The second kappa shape index (κ2) is 5.47. The van der Waals surface area contributed by atoms with Crippen LogP contribution >= 0.6 is 0 Å². The molecule has 0 spiro atoms. The van der Waals surface area contributed by atoms with Crippen molar-refractivity contribution in [3.8, 4) is 6.07 Å². The molecule has 0 aromatic heterocycles. The van der Waals surface area contributed by atoms with Crippen molar-refractivity contribution in [3.05, 3.63) is 28.8 Å². The van der Waals surface area contributed by atoms with E-state index in [4.69, 9.17) is 10.4 Å². The first-order valence-corrected chi connectivity index (χ1v) is 7.93. The molecule has 2 rings (SSSR count). The summed E-state index contributed by atoms with van der Waals surface area (Å²) >= 11 is 0. The number of benzene rings is 1. The fraction of sp³-hybridized carbons (Fsp3) is 0.429. The van der Waals surface area contributed by atoms with Crippen molar-refractivity contribution in [2.75, 3.05) is 13.1 Å². The lowest BCUT2D eigenvalue weighted by molar-refractivity contribution is 0.0696. The van der Waals surface area contributed by atoms with Gasteiger partial charge in [0.25, 0.3) is 0 Å². The molecule has 0 unspecified atom stereocenters. The summed E-state index contributed by atoms with van der Waals surface area (Å²) in [5.41, 5.74) is 1.06. The third-order valence-corrected chi connectivity index (χ3v) is 5.65. The molecule has 1 N–H and O–H groups in total. The maximum absolute atomic E-state index is 12.5. The number of rotatable bonds is 4. The molecular weight excluding hydrogens is 292 g/mol. The van der Waals surface area contributed by atoms with Gasteiger partial charge >= 0.3 is 5.97 Å². The number of carbonyl (C=O) groups is 1. The summed E-state index contributed by atoms with van der Waals surface area (Å²) in [6.07, 6.45) is 0.333. The van der Waals surface area contributed by atoms with Crippen LogP contribution in [0.5, 0.6) is 0 Å². The molecule has 0 radical (unpaired) electrons. The van der Waals surface area contributed by atoms with Crippen LogP contribution in [0, 0.1) is 31.1 Å². The molecule has 21 heavy (non-hydrogen) atoms. The molecule has 0 aliphatic carbocycles. The minimum atomic E-state index is -3.70. The van der Waals surface area contributed by atoms with Gasteiger partial charge in [0.2, 0.25) is 10.0 Å². The Morgan fingerprint density at radius 2 is 2.00 bits per heavy atom. The van der Waals surface area contributed by atoms with Crippen molar-refractivity contribution in [3.63, 3.8) is 0 Å².